The molecule has 0 amide bonds. The fourth-order valence-corrected chi connectivity index (χ4v) is 4.24. The minimum Gasteiger partial charge on any atom is -0.504 e. The molecule has 4 rings (SSSR count). The van der Waals surface area contributed by atoms with Crippen LogP contribution in [0.3, 0.4) is 0 Å². The first kappa shape index (κ1) is 14.1. The van der Waals surface area contributed by atoms with Gasteiger partial charge in [-0.25, -0.2) is 0 Å². The normalized spacial score (nSPS) is 44.0. The van der Waals surface area contributed by atoms with Crippen molar-refractivity contribution in [2.45, 2.75) is 43.2 Å². The molecule has 0 radical (unpaired) electrons. The predicted octanol–water partition coefficient (Wildman–Crippen LogP) is -0.101. The molecule has 4 aliphatic rings. The molecule has 0 spiro atoms. The topological polar surface area (TPSA) is 107 Å². The Hall–Kier alpha value is -1.47. The fraction of sp³-hybridized carbons (Fsp3) is 0.562. The quantitative estimate of drug-likeness (QED) is 0.498. The van der Waals surface area contributed by atoms with Gasteiger partial charge in [0.05, 0.1) is 18.8 Å². The van der Waals surface area contributed by atoms with Crippen molar-refractivity contribution in [1.29, 1.82) is 0 Å². The second kappa shape index (κ2) is 4.52. The molecule has 118 valence electrons. The van der Waals surface area contributed by atoms with E-state index in [9.17, 15) is 25.2 Å². The highest BCUT2D eigenvalue weighted by Gasteiger charge is 2.54. The van der Waals surface area contributed by atoms with Gasteiger partial charge in [-0.1, -0.05) is 0 Å². The Kier molecular flexibility index (Phi) is 2.90. The van der Waals surface area contributed by atoms with Gasteiger partial charge < -0.3 is 25.2 Å². The summed E-state index contributed by atoms with van der Waals surface area (Å²) < 4.78 is 5.65. The lowest BCUT2D eigenvalue weighted by atomic mass is 9.71. The Balaban J connectivity index is 1.83. The van der Waals surface area contributed by atoms with Crippen LogP contribution in [0.15, 0.2) is 34.6 Å². The van der Waals surface area contributed by atoms with Crippen LogP contribution in [0.2, 0.25) is 0 Å². The Morgan fingerprint density at radius 1 is 1.23 bits per heavy atom. The van der Waals surface area contributed by atoms with Crippen molar-refractivity contribution in [2.24, 2.45) is 5.92 Å². The summed E-state index contributed by atoms with van der Waals surface area (Å²) in [6.07, 6.45) is 1.65. The van der Waals surface area contributed by atoms with Crippen LogP contribution in [0.1, 0.15) is 19.3 Å². The van der Waals surface area contributed by atoms with Crippen molar-refractivity contribution >= 4 is 5.78 Å². The van der Waals surface area contributed by atoms with Crippen molar-refractivity contribution in [3.05, 3.63) is 34.6 Å². The minimum absolute atomic E-state index is 0.0108. The van der Waals surface area contributed by atoms with Crippen LogP contribution in [-0.4, -0.2) is 56.7 Å². The van der Waals surface area contributed by atoms with Gasteiger partial charge in [0, 0.05) is 12.3 Å². The number of hydrogen-bond donors (Lipinski definition) is 4. The van der Waals surface area contributed by atoms with E-state index in [0.717, 1.165) is 5.57 Å². The Labute approximate surface area is 127 Å². The maximum atomic E-state index is 11.6. The maximum absolute atomic E-state index is 11.6. The zero-order valence-corrected chi connectivity index (χ0v) is 11.9. The third-order valence-corrected chi connectivity index (χ3v) is 5.25. The van der Waals surface area contributed by atoms with Crippen molar-refractivity contribution < 1.29 is 30.0 Å². The van der Waals surface area contributed by atoms with E-state index in [1.165, 1.54) is 12.2 Å². The highest BCUT2D eigenvalue weighted by Crippen LogP contribution is 2.52. The first-order chi connectivity index (χ1) is 10.4. The molecular formula is C16H18O6. The van der Waals surface area contributed by atoms with Gasteiger partial charge in [0.1, 0.15) is 11.7 Å². The molecule has 6 heteroatoms. The molecule has 5 unspecified atom stereocenters. The van der Waals surface area contributed by atoms with Gasteiger partial charge in [-0.2, -0.15) is 0 Å². The molecule has 1 saturated carbocycles. The maximum Gasteiger partial charge on any atom is 0.220 e. The zero-order valence-electron chi connectivity index (χ0n) is 11.9. The molecule has 0 aromatic carbocycles. The molecular weight excluding hydrogens is 288 g/mol. The summed E-state index contributed by atoms with van der Waals surface area (Å²) in [4.78, 5) is 11.6. The Bertz CT molecular complexity index is 645. The SMILES string of the molecule is O=C1C=C2CC3(O)COC4C(CCC(O)C4O)C3=C2C=C1O. The zero-order chi connectivity index (χ0) is 15.6. The van der Waals surface area contributed by atoms with Crippen LogP contribution in [0.5, 0.6) is 0 Å². The number of ketones is 1. The lowest BCUT2D eigenvalue weighted by Crippen LogP contribution is -2.56. The molecule has 6 nitrogen and oxygen atoms in total. The number of rotatable bonds is 0. The fourth-order valence-electron chi connectivity index (χ4n) is 4.24. The number of hydrogen-bond acceptors (Lipinski definition) is 6. The average Bonchev–Trinajstić information content (AvgIpc) is 2.75. The van der Waals surface area contributed by atoms with Crippen LogP contribution in [0.4, 0.5) is 0 Å². The third kappa shape index (κ3) is 1.78. The van der Waals surface area contributed by atoms with E-state index in [1.54, 1.807) is 0 Å². The van der Waals surface area contributed by atoms with E-state index in [-0.39, 0.29) is 24.7 Å². The van der Waals surface area contributed by atoms with Gasteiger partial charge in [0.15, 0.2) is 5.76 Å². The van der Waals surface area contributed by atoms with E-state index in [1.807, 2.05) is 0 Å². The van der Waals surface area contributed by atoms with Crippen LogP contribution < -0.4 is 0 Å². The minimum atomic E-state index is -1.20. The molecule has 1 aliphatic heterocycles. The van der Waals surface area contributed by atoms with Crippen molar-refractivity contribution in [1.82, 2.24) is 0 Å². The molecule has 4 N–H and O–H groups in total. The number of aliphatic hydroxyl groups is 4. The largest absolute Gasteiger partial charge is 0.504 e. The highest BCUT2D eigenvalue weighted by molar-refractivity contribution is 6.05. The summed E-state index contributed by atoms with van der Waals surface area (Å²) in [5.74, 6) is -1.02. The molecule has 3 aliphatic carbocycles. The van der Waals surface area contributed by atoms with Gasteiger partial charge in [-0.15, -0.1) is 0 Å². The Morgan fingerprint density at radius 2 is 2.00 bits per heavy atom. The van der Waals surface area contributed by atoms with Crippen molar-refractivity contribution in [2.75, 3.05) is 6.61 Å². The van der Waals surface area contributed by atoms with E-state index >= 15 is 0 Å². The number of aliphatic hydroxyl groups excluding tert-OH is 3. The van der Waals surface area contributed by atoms with Crippen LogP contribution in [-0.2, 0) is 9.53 Å². The molecule has 1 saturated heterocycles. The summed E-state index contributed by atoms with van der Waals surface area (Å²) in [6, 6.07) is 0. The van der Waals surface area contributed by atoms with Crippen molar-refractivity contribution in [3.8, 4) is 0 Å². The molecule has 2 fully saturated rings. The first-order valence-electron chi connectivity index (χ1n) is 7.51. The monoisotopic (exact) mass is 306 g/mol. The van der Waals surface area contributed by atoms with E-state index in [0.29, 0.717) is 24.0 Å². The van der Waals surface area contributed by atoms with E-state index in [2.05, 4.69) is 0 Å². The van der Waals surface area contributed by atoms with Gasteiger partial charge in [0.25, 0.3) is 0 Å². The van der Waals surface area contributed by atoms with Gasteiger partial charge in [0.2, 0.25) is 5.78 Å². The van der Waals surface area contributed by atoms with E-state index < -0.39 is 29.7 Å². The number of carbonyl (C=O) groups is 1. The standard InChI is InChI=1S/C16H18O6/c17-10-2-1-8-13-9-4-12(19)11(18)3-7(9)5-16(13,21)6-22-15(8)14(10)20/h3-4,8,10,14-15,17,19-21H,1-2,5-6H2. The third-order valence-electron chi connectivity index (χ3n) is 5.25. The number of ether oxygens (including phenoxy) is 1. The molecule has 22 heavy (non-hydrogen) atoms. The first-order valence-corrected chi connectivity index (χ1v) is 7.51. The smallest absolute Gasteiger partial charge is 0.220 e. The van der Waals surface area contributed by atoms with Crippen LogP contribution in [0, 0.1) is 5.92 Å². The molecule has 0 aromatic rings. The highest BCUT2D eigenvalue weighted by atomic mass is 16.5. The van der Waals surface area contributed by atoms with Crippen LogP contribution in [0.25, 0.3) is 0 Å². The summed E-state index contributed by atoms with van der Waals surface area (Å²) in [5, 5.41) is 40.6. The molecule has 5 atom stereocenters. The average molecular weight is 306 g/mol. The summed E-state index contributed by atoms with van der Waals surface area (Å²) in [6.45, 7) is 0.0108. The van der Waals surface area contributed by atoms with Gasteiger partial charge in [-0.05, 0) is 41.7 Å². The predicted molar refractivity (Wildman–Crippen MR) is 74.9 cm³/mol. The number of carbonyl (C=O) groups excluding carboxylic acids is 1. The molecule has 0 bridgehead atoms. The lowest BCUT2D eigenvalue weighted by Gasteiger charge is -2.47. The molecule has 1 heterocycles. The van der Waals surface area contributed by atoms with E-state index in [4.69, 9.17) is 4.74 Å². The van der Waals surface area contributed by atoms with Crippen molar-refractivity contribution in [3.63, 3.8) is 0 Å². The Morgan fingerprint density at radius 3 is 2.77 bits per heavy atom. The summed E-state index contributed by atoms with van der Waals surface area (Å²) in [7, 11) is 0. The van der Waals surface area contributed by atoms with Gasteiger partial charge in [-0.3, -0.25) is 4.79 Å². The summed E-state index contributed by atoms with van der Waals surface area (Å²) in [5.41, 5.74) is 0.901. The number of allylic oxidation sites excluding steroid dienone is 3. The second-order valence-electron chi connectivity index (χ2n) is 6.62. The summed E-state index contributed by atoms with van der Waals surface area (Å²) >= 11 is 0. The molecule has 0 aromatic heterocycles. The number of fused-ring (bicyclic) bond motifs is 4. The van der Waals surface area contributed by atoms with Gasteiger partial charge >= 0.3 is 0 Å². The van der Waals surface area contributed by atoms with Crippen LogP contribution >= 0.6 is 0 Å². The lowest BCUT2D eigenvalue weighted by molar-refractivity contribution is -0.179. The second-order valence-corrected chi connectivity index (χ2v) is 6.62.